The topological polar surface area (TPSA) is 66.8 Å². The number of cyclic esters (lactones) is 1. The summed E-state index contributed by atoms with van der Waals surface area (Å²) in [5.41, 5.74) is 0. The van der Waals surface area contributed by atoms with E-state index in [4.69, 9.17) is 10.2 Å². The van der Waals surface area contributed by atoms with E-state index in [2.05, 4.69) is 4.74 Å². The Morgan fingerprint density at radius 3 is 2.90 bits per heavy atom. The van der Waals surface area contributed by atoms with E-state index in [0.717, 1.165) is 0 Å². The van der Waals surface area contributed by atoms with E-state index in [1.807, 2.05) is 0 Å². The normalized spacial score (nSPS) is 33.6. The molecule has 0 radical (unpaired) electrons. The molecule has 4 heteroatoms. The van der Waals surface area contributed by atoms with E-state index >= 15 is 0 Å². The Morgan fingerprint density at radius 2 is 2.40 bits per heavy atom. The number of carbonyl (C=O) groups is 1. The maximum Gasteiger partial charge on any atom is 0.306 e. The summed E-state index contributed by atoms with van der Waals surface area (Å²) in [5.74, 6) is -0.343. The maximum atomic E-state index is 10.5. The van der Waals surface area contributed by atoms with Crippen LogP contribution in [0.1, 0.15) is 12.8 Å². The third kappa shape index (κ3) is 1.46. The zero-order valence-electron chi connectivity index (χ0n) is 5.49. The highest BCUT2D eigenvalue weighted by Crippen LogP contribution is 2.13. The van der Waals surface area contributed by atoms with Crippen LogP contribution in [0, 0.1) is 0 Å². The van der Waals surface area contributed by atoms with Gasteiger partial charge < -0.3 is 14.9 Å². The van der Waals surface area contributed by atoms with Crippen molar-refractivity contribution in [1.29, 1.82) is 0 Å². The molecule has 0 amide bonds. The second-order valence-electron chi connectivity index (χ2n) is 2.32. The lowest BCUT2D eigenvalue weighted by molar-refractivity contribution is -0.167. The van der Waals surface area contributed by atoms with E-state index in [1.165, 1.54) is 0 Å². The van der Waals surface area contributed by atoms with E-state index in [1.54, 1.807) is 0 Å². The van der Waals surface area contributed by atoms with Crippen LogP contribution in [0.5, 0.6) is 0 Å². The molecule has 1 saturated heterocycles. The molecule has 0 aromatic heterocycles. The van der Waals surface area contributed by atoms with Crippen molar-refractivity contribution in [1.82, 2.24) is 0 Å². The van der Waals surface area contributed by atoms with Crippen molar-refractivity contribution in [2.24, 2.45) is 0 Å². The molecule has 0 unspecified atom stereocenters. The lowest BCUT2D eigenvalue weighted by Gasteiger charge is -2.25. The third-order valence-corrected chi connectivity index (χ3v) is 1.54. The van der Waals surface area contributed by atoms with E-state index in [-0.39, 0.29) is 19.0 Å². The number of esters is 1. The predicted molar refractivity (Wildman–Crippen MR) is 32.2 cm³/mol. The summed E-state index contributed by atoms with van der Waals surface area (Å²) in [6, 6.07) is 0. The van der Waals surface area contributed by atoms with Crippen LogP contribution in [0.2, 0.25) is 0 Å². The number of aliphatic hydroxyl groups is 2. The Balaban J connectivity index is 2.45. The molecular formula is C6H10O4. The number of hydrogen-bond acceptors (Lipinski definition) is 4. The highest BCUT2D eigenvalue weighted by molar-refractivity contribution is 5.70. The summed E-state index contributed by atoms with van der Waals surface area (Å²) in [6.45, 7) is -0.299. The average molecular weight is 146 g/mol. The molecule has 0 saturated carbocycles. The SMILES string of the molecule is O=C1CC[C@H](O)[C@H](CO)O1. The van der Waals surface area contributed by atoms with Crippen molar-refractivity contribution in [3.63, 3.8) is 0 Å². The Morgan fingerprint density at radius 1 is 1.70 bits per heavy atom. The fourth-order valence-corrected chi connectivity index (χ4v) is 0.917. The Bertz CT molecular complexity index is 134. The van der Waals surface area contributed by atoms with E-state index in [9.17, 15) is 4.79 Å². The minimum Gasteiger partial charge on any atom is -0.457 e. The fraction of sp³-hybridized carbons (Fsp3) is 0.833. The first-order valence-corrected chi connectivity index (χ1v) is 3.22. The molecule has 1 heterocycles. The monoisotopic (exact) mass is 146 g/mol. The number of rotatable bonds is 1. The number of aliphatic hydroxyl groups excluding tert-OH is 2. The van der Waals surface area contributed by atoms with Crippen molar-refractivity contribution >= 4 is 5.97 Å². The van der Waals surface area contributed by atoms with Gasteiger partial charge in [-0.25, -0.2) is 0 Å². The third-order valence-electron chi connectivity index (χ3n) is 1.54. The van der Waals surface area contributed by atoms with Gasteiger partial charge in [0, 0.05) is 6.42 Å². The average Bonchev–Trinajstić information content (AvgIpc) is 1.94. The van der Waals surface area contributed by atoms with Crippen LogP contribution in [0.3, 0.4) is 0 Å². The molecular weight excluding hydrogens is 136 g/mol. The fourth-order valence-electron chi connectivity index (χ4n) is 0.917. The summed E-state index contributed by atoms with van der Waals surface area (Å²) in [5, 5.41) is 17.6. The first-order valence-electron chi connectivity index (χ1n) is 3.22. The number of ether oxygens (including phenoxy) is 1. The molecule has 1 fully saturated rings. The molecule has 0 aliphatic carbocycles. The molecule has 1 aliphatic rings. The van der Waals surface area contributed by atoms with Gasteiger partial charge >= 0.3 is 5.97 Å². The van der Waals surface area contributed by atoms with Crippen molar-refractivity contribution in [2.75, 3.05) is 6.61 Å². The van der Waals surface area contributed by atoms with Crippen molar-refractivity contribution in [2.45, 2.75) is 25.0 Å². The standard InChI is InChI=1S/C6H10O4/c7-3-5-4(8)1-2-6(9)10-5/h4-5,7-8H,1-3H2/t4-,5-/m0/s1. The van der Waals surface area contributed by atoms with Crippen LogP contribution in [0.15, 0.2) is 0 Å². The lowest BCUT2D eigenvalue weighted by atomic mass is 10.1. The van der Waals surface area contributed by atoms with Gasteiger partial charge in [-0.2, -0.15) is 0 Å². The zero-order valence-corrected chi connectivity index (χ0v) is 5.49. The van der Waals surface area contributed by atoms with Crippen molar-refractivity contribution in [3.8, 4) is 0 Å². The quantitative estimate of drug-likeness (QED) is 0.468. The molecule has 2 atom stereocenters. The van der Waals surface area contributed by atoms with Crippen LogP contribution in [-0.2, 0) is 9.53 Å². The minimum atomic E-state index is -0.707. The van der Waals surface area contributed by atoms with Gasteiger partial charge in [-0.1, -0.05) is 0 Å². The lowest BCUT2D eigenvalue weighted by Crippen LogP contribution is -2.38. The summed E-state index contributed by atoms with van der Waals surface area (Å²) in [6.07, 6.45) is -0.759. The molecule has 0 bridgehead atoms. The predicted octanol–water partition coefficient (Wildman–Crippen LogP) is -0.955. The van der Waals surface area contributed by atoms with E-state index in [0.29, 0.717) is 6.42 Å². The van der Waals surface area contributed by atoms with Gasteiger partial charge in [0.2, 0.25) is 0 Å². The first kappa shape index (κ1) is 7.50. The summed E-state index contributed by atoms with van der Waals surface area (Å²) < 4.78 is 4.61. The van der Waals surface area contributed by atoms with Crippen LogP contribution in [-0.4, -0.2) is 35.0 Å². The molecule has 0 spiro atoms. The van der Waals surface area contributed by atoms with Crippen molar-refractivity contribution in [3.05, 3.63) is 0 Å². The summed E-state index contributed by atoms with van der Waals surface area (Å²) in [7, 11) is 0. The van der Waals surface area contributed by atoms with Gasteiger partial charge in [-0.05, 0) is 6.42 Å². The Kier molecular flexibility index (Phi) is 2.24. The van der Waals surface area contributed by atoms with Gasteiger partial charge in [0.25, 0.3) is 0 Å². The highest BCUT2D eigenvalue weighted by atomic mass is 16.6. The minimum absolute atomic E-state index is 0.248. The van der Waals surface area contributed by atoms with Gasteiger partial charge in [0.05, 0.1) is 12.7 Å². The van der Waals surface area contributed by atoms with Gasteiger partial charge in [-0.15, -0.1) is 0 Å². The Labute approximate surface area is 58.4 Å². The van der Waals surface area contributed by atoms with Crippen LogP contribution < -0.4 is 0 Å². The second-order valence-corrected chi connectivity index (χ2v) is 2.32. The molecule has 10 heavy (non-hydrogen) atoms. The van der Waals surface area contributed by atoms with Crippen molar-refractivity contribution < 1.29 is 19.7 Å². The molecule has 58 valence electrons. The van der Waals surface area contributed by atoms with Gasteiger partial charge in [0.15, 0.2) is 6.10 Å². The molecule has 4 nitrogen and oxygen atoms in total. The molecule has 1 aliphatic heterocycles. The summed E-state index contributed by atoms with van der Waals surface area (Å²) >= 11 is 0. The van der Waals surface area contributed by atoms with Crippen LogP contribution >= 0.6 is 0 Å². The second kappa shape index (κ2) is 2.98. The van der Waals surface area contributed by atoms with Crippen LogP contribution in [0.4, 0.5) is 0 Å². The molecule has 0 aromatic carbocycles. The highest BCUT2D eigenvalue weighted by Gasteiger charge is 2.27. The van der Waals surface area contributed by atoms with E-state index < -0.39 is 12.2 Å². The number of carbonyl (C=O) groups excluding carboxylic acids is 1. The first-order chi connectivity index (χ1) is 4.74. The van der Waals surface area contributed by atoms with Gasteiger partial charge in [-0.3, -0.25) is 4.79 Å². The smallest absolute Gasteiger partial charge is 0.306 e. The zero-order chi connectivity index (χ0) is 7.56. The molecule has 1 rings (SSSR count). The van der Waals surface area contributed by atoms with Gasteiger partial charge in [0.1, 0.15) is 0 Å². The largest absolute Gasteiger partial charge is 0.457 e. The Hall–Kier alpha value is -0.610. The summed E-state index contributed by atoms with van der Waals surface area (Å²) in [4.78, 5) is 10.5. The maximum absolute atomic E-state index is 10.5. The van der Waals surface area contributed by atoms with Crippen LogP contribution in [0.25, 0.3) is 0 Å². The molecule has 2 N–H and O–H groups in total. The molecule has 0 aromatic rings. The number of hydrogen-bond donors (Lipinski definition) is 2.